The summed E-state index contributed by atoms with van der Waals surface area (Å²) in [4.78, 5) is 0. The third kappa shape index (κ3) is 4.87. The van der Waals surface area contributed by atoms with E-state index in [9.17, 15) is 0 Å². The molecule has 0 saturated heterocycles. The van der Waals surface area contributed by atoms with E-state index in [4.69, 9.17) is 9.47 Å². The van der Waals surface area contributed by atoms with Gasteiger partial charge in [0, 0.05) is 6.61 Å². The summed E-state index contributed by atoms with van der Waals surface area (Å²) < 4.78 is 11.5. The van der Waals surface area contributed by atoms with Gasteiger partial charge in [-0.15, -0.1) is 0 Å². The lowest BCUT2D eigenvalue weighted by Gasteiger charge is -2.20. The van der Waals surface area contributed by atoms with E-state index in [1.54, 1.807) is 0 Å². The second kappa shape index (κ2) is 8.21. The van der Waals surface area contributed by atoms with Gasteiger partial charge in [0.1, 0.15) is 12.4 Å². The molecule has 0 amide bonds. The fraction of sp³-hybridized carbons (Fsp3) is 0.647. The molecular formula is C17H28O2. The molecular weight excluding hydrogens is 236 g/mol. The zero-order valence-electron chi connectivity index (χ0n) is 13.0. The number of hydrogen-bond acceptors (Lipinski definition) is 2. The smallest absolute Gasteiger partial charge is 0.126 e. The first-order valence-electron chi connectivity index (χ1n) is 7.41. The largest absolute Gasteiger partial charge is 0.491 e. The molecule has 0 radical (unpaired) electrons. The van der Waals surface area contributed by atoms with Crippen LogP contribution in [0.3, 0.4) is 0 Å². The number of hydrogen-bond donors (Lipinski definition) is 0. The van der Waals surface area contributed by atoms with E-state index in [-0.39, 0.29) is 0 Å². The Labute approximate surface area is 118 Å². The van der Waals surface area contributed by atoms with Gasteiger partial charge in [-0.25, -0.2) is 0 Å². The van der Waals surface area contributed by atoms with Crippen LogP contribution in [0.15, 0.2) is 18.2 Å². The van der Waals surface area contributed by atoms with Crippen LogP contribution in [0.5, 0.6) is 5.75 Å². The van der Waals surface area contributed by atoms with Crippen LogP contribution in [0.4, 0.5) is 0 Å². The average molecular weight is 264 g/mol. The fourth-order valence-electron chi connectivity index (χ4n) is 2.10. The second-order valence-corrected chi connectivity index (χ2v) is 5.54. The molecule has 1 aromatic carbocycles. The summed E-state index contributed by atoms with van der Waals surface area (Å²) >= 11 is 0. The molecule has 1 aromatic rings. The molecule has 0 aromatic heterocycles. The molecule has 19 heavy (non-hydrogen) atoms. The minimum Gasteiger partial charge on any atom is -0.491 e. The SMILES string of the molecule is CCCOCCOc1c(C(C)C)cccc1C(C)C. The molecule has 108 valence electrons. The van der Waals surface area contributed by atoms with Crippen molar-refractivity contribution in [1.82, 2.24) is 0 Å². The maximum absolute atomic E-state index is 6.01. The summed E-state index contributed by atoms with van der Waals surface area (Å²) in [6, 6.07) is 6.46. The van der Waals surface area contributed by atoms with Gasteiger partial charge in [-0.1, -0.05) is 52.8 Å². The van der Waals surface area contributed by atoms with Crippen molar-refractivity contribution >= 4 is 0 Å². The highest BCUT2D eigenvalue weighted by molar-refractivity contribution is 5.44. The van der Waals surface area contributed by atoms with Gasteiger partial charge >= 0.3 is 0 Å². The van der Waals surface area contributed by atoms with E-state index in [0.29, 0.717) is 25.0 Å². The summed E-state index contributed by atoms with van der Waals surface area (Å²) in [5.41, 5.74) is 2.59. The van der Waals surface area contributed by atoms with Crippen molar-refractivity contribution in [1.29, 1.82) is 0 Å². The molecule has 0 spiro atoms. The molecule has 0 aliphatic carbocycles. The van der Waals surface area contributed by atoms with E-state index in [1.165, 1.54) is 11.1 Å². The summed E-state index contributed by atoms with van der Waals surface area (Å²) in [5, 5.41) is 0. The maximum Gasteiger partial charge on any atom is 0.126 e. The standard InChI is InChI=1S/C17H28O2/c1-6-10-18-11-12-19-17-15(13(2)3)8-7-9-16(17)14(4)5/h7-9,13-14H,6,10-12H2,1-5H3. The van der Waals surface area contributed by atoms with Gasteiger partial charge in [0.15, 0.2) is 0 Å². The fourth-order valence-corrected chi connectivity index (χ4v) is 2.10. The molecule has 1 rings (SSSR count). The molecule has 0 unspecified atom stereocenters. The minimum atomic E-state index is 0.477. The van der Waals surface area contributed by atoms with Gasteiger partial charge in [-0.2, -0.15) is 0 Å². The minimum absolute atomic E-state index is 0.477. The topological polar surface area (TPSA) is 18.5 Å². The monoisotopic (exact) mass is 264 g/mol. The molecule has 2 nitrogen and oxygen atoms in total. The Morgan fingerprint density at radius 2 is 1.47 bits per heavy atom. The van der Waals surface area contributed by atoms with Gasteiger partial charge in [0.05, 0.1) is 6.61 Å². The van der Waals surface area contributed by atoms with Crippen LogP contribution < -0.4 is 4.74 Å². The van der Waals surface area contributed by atoms with Crippen LogP contribution in [-0.2, 0) is 4.74 Å². The molecule has 0 aliphatic heterocycles. The van der Waals surface area contributed by atoms with Gasteiger partial charge in [-0.3, -0.25) is 0 Å². The Bertz CT molecular complexity index is 343. The van der Waals surface area contributed by atoms with Crippen molar-refractivity contribution in [2.75, 3.05) is 19.8 Å². The van der Waals surface area contributed by atoms with E-state index in [2.05, 4.69) is 52.8 Å². The predicted molar refractivity (Wildman–Crippen MR) is 81.2 cm³/mol. The van der Waals surface area contributed by atoms with Crippen molar-refractivity contribution < 1.29 is 9.47 Å². The van der Waals surface area contributed by atoms with Crippen LogP contribution in [0, 0.1) is 0 Å². The van der Waals surface area contributed by atoms with Gasteiger partial charge < -0.3 is 9.47 Å². The van der Waals surface area contributed by atoms with E-state index in [0.717, 1.165) is 18.8 Å². The Hall–Kier alpha value is -1.02. The second-order valence-electron chi connectivity index (χ2n) is 5.54. The lowest BCUT2D eigenvalue weighted by atomic mass is 9.94. The number of ether oxygens (including phenoxy) is 2. The predicted octanol–water partition coefficient (Wildman–Crippen LogP) is 4.74. The molecule has 2 heteroatoms. The highest BCUT2D eigenvalue weighted by Gasteiger charge is 2.14. The third-order valence-electron chi connectivity index (χ3n) is 3.14. The Morgan fingerprint density at radius 1 is 0.895 bits per heavy atom. The molecule has 0 saturated carbocycles. The van der Waals surface area contributed by atoms with Crippen LogP contribution in [-0.4, -0.2) is 19.8 Å². The Kier molecular flexibility index (Phi) is 6.93. The normalized spacial score (nSPS) is 11.3. The van der Waals surface area contributed by atoms with Gasteiger partial charge in [0.2, 0.25) is 0 Å². The van der Waals surface area contributed by atoms with Crippen LogP contribution in [0.2, 0.25) is 0 Å². The van der Waals surface area contributed by atoms with Crippen molar-refractivity contribution in [3.05, 3.63) is 29.3 Å². The number of benzene rings is 1. The van der Waals surface area contributed by atoms with E-state index < -0.39 is 0 Å². The van der Waals surface area contributed by atoms with E-state index >= 15 is 0 Å². The number of para-hydroxylation sites is 1. The Morgan fingerprint density at radius 3 is 1.95 bits per heavy atom. The summed E-state index contributed by atoms with van der Waals surface area (Å²) in [6.45, 7) is 13.1. The van der Waals surface area contributed by atoms with E-state index in [1.807, 2.05) is 0 Å². The zero-order valence-corrected chi connectivity index (χ0v) is 13.0. The van der Waals surface area contributed by atoms with Crippen molar-refractivity contribution in [2.45, 2.75) is 52.9 Å². The first-order valence-corrected chi connectivity index (χ1v) is 7.41. The molecule has 0 aliphatic rings. The van der Waals surface area contributed by atoms with Crippen LogP contribution in [0.1, 0.15) is 64.0 Å². The van der Waals surface area contributed by atoms with Crippen LogP contribution >= 0.6 is 0 Å². The first kappa shape index (κ1) is 16.0. The number of rotatable bonds is 8. The molecule has 0 bridgehead atoms. The van der Waals surface area contributed by atoms with Crippen molar-refractivity contribution in [3.63, 3.8) is 0 Å². The van der Waals surface area contributed by atoms with Crippen molar-refractivity contribution in [2.24, 2.45) is 0 Å². The van der Waals surface area contributed by atoms with Crippen molar-refractivity contribution in [3.8, 4) is 5.75 Å². The highest BCUT2D eigenvalue weighted by Crippen LogP contribution is 2.34. The molecule has 0 fully saturated rings. The molecule has 0 atom stereocenters. The molecule has 0 N–H and O–H groups in total. The first-order chi connectivity index (χ1) is 9.07. The summed E-state index contributed by atoms with van der Waals surface area (Å²) in [6.07, 6.45) is 1.06. The maximum atomic E-state index is 6.01. The van der Waals surface area contributed by atoms with Gasteiger partial charge in [-0.05, 0) is 29.4 Å². The lowest BCUT2D eigenvalue weighted by Crippen LogP contribution is -2.10. The Balaban J connectivity index is 2.77. The zero-order chi connectivity index (χ0) is 14.3. The summed E-state index contributed by atoms with van der Waals surface area (Å²) in [5.74, 6) is 2.02. The third-order valence-corrected chi connectivity index (χ3v) is 3.14. The van der Waals surface area contributed by atoms with Crippen LogP contribution in [0.25, 0.3) is 0 Å². The molecule has 0 heterocycles. The lowest BCUT2D eigenvalue weighted by molar-refractivity contribution is 0.0997. The highest BCUT2D eigenvalue weighted by atomic mass is 16.5. The summed E-state index contributed by atoms with van der Waals surface area (Å²) in [7, 11) is 0. The average Bonchev–Trinajstić information content (AvgIpc) is 2.38. The van der Waals surface area contributed by atoms with Gasteiger partial charge in [0.25, 0.3) is 0 Å². The quantitative estimate of drug-likeness (QED) is 0.631.